The van der Waals surface area contributed by atoms with Crippen LogP contribution in [0.4, 0.5) is 0 Å². The Morgan fingerprint density at radius 2 is 0.737 bits per heavy atom. The second-order valence-corrected chi connectivity index (χ2v) is 15.3. The van der Waals surface area contributed by atoms with Crippen LogP contribution in [-0.4, -0.2) is 9.97 Å². The number of benzene rings is 9. The van der Waals surface area contributed by atoms with Crippen molar-refractivity contribution in [1.29, 1.82) is 0 Å². The Morgan fingerprint density at radius 3 is 1.35 bits per heavy atom. The lowest BCUT2D eigenvalue weighted by Crippen LogP contribution is -2.26. The lowest BCUT2D eigenvalue weighted by molar-refractivity contribution is 0.797. The normalized spacial score (nSPS) is 13.1. The second kappa shape index (κ2) is 12.3. The first-order valence-electron chi connectivity index (χ1n) is 19.6. The van der Waals surface area contributed by atoms with Crippen LogP contribution in [0.25, 0.3) is 88.8 Å². The van der Waals surface area contributed by atoms with Gasteiger partial charge in [0, 0.05) is 16.7 Å². The smallest absolute Gasteiger partial charge is 0.160 e. The molecule has 2 nitrogen and oxygen atoms in total. The van der Waals surface area contributed by atoms with Crippen LogP contribution in [0.1, 0.15) is 22.3 Å². The van der Waals surface area contributed by atoms with Crippen molar-refractivity contribution in [2.24, 2.45) is 0 Å². The summed E-state index contributed by atoms with van der Waals surface area (Å²) in [5, 5.41) is 5.37. The molecule has 264 valence electrons. The van der Waals surface area contributed by atoms with E-state index in [9.17, 15) is 0 Å². The highest BCUT2D eigenvalue weighted by atomic mass is 14.9. The average molecular weight is 723 g/mol. The van der Waals surface area contributed by atoms with Gasteiger partial charge in [0.25, 0.3) is 0 Å². The minimum Gasteiger partial charge on any atom is -0.228 e. The minimum absolute atomic E-state index is 0.385. The van der Waals surface area contributed by atoms with Crippen molar-refractivity contribution in [3.05, 3.63) is 229 Å². The van der Waals surface area contributed by atoms with E-state index in [1.54, 1.807) is 0 Å². The Labute approximate surface area is 331 Å². The molecule has 0 unspecified atom stereocenters. The molecule has 10 aromatic rings. The summed E-state index contributed by atoms with van der Waals surface area (Å²) >= 11 is 0. The largest absolute Gasteiger partial charge is 0.228 e. The topological polar surface area (TPSA) is 25.8 Å². The van der Waals surface area contributed by atoms with Crippen LogP contribution >= 0.6 is 0 Å². The summed E-state index contributed by atoms with van der Waals surface area (Å²) in [5.41, 5.74) is 17.3. The van der Waals surface area contributed by atoms with Gasteiger partial charge in [-0.05, 0) is 101 Å². The van der Waals surface area contributed by atoms with Crippen molar-refractivity contribution in [2.45, 2.75) is 5.41 Å². The molecule has 57 heavy (non-hydrogen) atoms. The molecule has 2 aliphatic rings. The molecule has 2 heteroatoms. The zero-order valence-corrected chi connectivity index (χ0v) is 31.0. The summed E-state index contributed by atoms with van der Waals surface area (Å²) in [6.45, 7) is 0. The summed E-state index contributed by atoms with van der Waals surface area (Å²) in [5.74, 6) is 0.708. The third-order valence-corrected chi connectivity index (χ3v) is 12.3. The van der Waals surface area contributed by atoms with E-state index in [0.717, 1.165) is 39.2 Å². The quantitative estimate of drug-likeness (QED) is 0.165. The molecule has 0 radical (unpaired) electrons. The predicted molar refractivity (Wildman–Crippen MR) is 235 cm³/mol. The van der Waals surface area contributed by atoms with Crippen molar-refractivity contribution in [2.75, 3.05) is 0 Å². The molecule has 12 rings (SSSR count). The predicted octanol–water partition coefficient (Wildman–Crippen LogP) is 13.8. The maximum atomic E-state index is 5.12. The molecule has 0 atom stereocenters. The van der Waals surface area contributed by atoms with E-state index >= 15 is 0 Å². The Bertz CT molecular complexity index is 3110. The summed E-state index contributed by atoms with van der Waals surface area (Å²) in [4.78, 5) is 10.2. The van der Waals surface area contributed by atoms with Gasteiger partial charge in [-0.1, -0.05) is 182 Å². The van der Waals surface area contributed by atoms with Crippen LogP contribution in [0.15, 0.2) is 206 Å². The van der Waals surface area contributed by atoms with Gasteiger partial charge in [-0.2, -0.15) is 0 Å². The summed E-state index contributed by atoms with van der Waals surface area (Å²) in [6, 6.07) is 74.9. The lowest BCUT2D eigenvalue weighted by atomic mass is 9.70. The summed E-state index contributed by atoms with van der Waals surface area (Å²) < 4.78 is 0. The molecule has 1 aromatic heterocycles. The van der Waals surface area contributed by atoms with Crippen LogP contribution in [-0.2, 0) is 5.41 Å². The van der Waals surface area contributed by atoms with Crippen LogP contribution in [0.5, 0.6) is 0 Å². The molecule has 0 amide bonds. The lowest BCUT2D eigenvalue weighted by Gasteiger charge is -2.31. The molecular weight excluding hydrogens is 689 g/mol. The van der Waals surface area contributed by atoms with E-state index in [-0.39, 0.29) is 5.41 Å². The first-order chi connectivity index (χ1) is 28.2. The van der Waals surface area contributed by atoms with E-state index in [1.807, 2.05) is 12.1 Å². The highest BCUT2D eigenvalue weighted by Crippen LogP contribution is 2.62. The monoisotopic (exact) mass is 722 g/mol. The zero-order valence-electron chi connectivity index (χ0n) is 31.0. The van der Waals surface area contributed by atoms with Gasteiger partial charge in [0.15, 0.2) is 5.82 Å². The Kier molecular flexibility index (Phi) is 6.88. The third kappa shape index (κ3) is 4.71. The molecular formula is C55H34N2. The van der Waals surface area contributed by atoms with E-state index in [1.165, 1.54) is 66.1 Å². The van der Waals surface area contributed by atoms with Gasteiger partial charge in [-0.25, -0.2) is 9.97 Å². The van der Waals surface area contributed by atoms with Gasteiger partial charge >= 0.3 is 0 Å². The fourth-order valence-corrected chi connectivity index (χ4v) is 9.77. The van der Waals surface area contributed by atoms with Crippen molar-refractivity contribution in [1.82, 2.24) is 9.97 Å². The molecule has 1 heterocycles. The fraction of sp³-hybridized carbons (Fsp3) is 0.0182. The number of fused-ring (bicyclic) bond motifs is 7. The minimum atomic E-state index is -0.385. The molecule has 0 N–H and O–H groups in total. The van der Waals surface area contributed by atoms with Crippen molar-refractivity contribution >= 4 is 21.5 Å². The summed E-state index contributed by atoms with van der Waals surface area (Å²) in [6.07, 6.45) is 0. The molecule has 0 saturated heterocycles. The third-order valence-electron chi connectivity index (χ3n) is 12.3. The van der Waals surface area contributed by atoms with Crippen molar-refractivity contribution in [3.8, 4) is 67.3 Å². The number of hydrogen-bond acceptors (Lipinski definition) is 2. The number of rotatable bonds is 5. The van der Waals surface area contributed by atoms with Gasteiger partial charge in [-0.15, -0.1) is 0 Å². The van der Waals surface area contributed by atoms with E-state index in [0.29, 0.717) is 5.82 Å². The molecule has 9 aromatic carbocycles. The average Bonchev–Trinajstić information content (AvgIpc) is 3.77. The second-order valence-electron chi connectivity index (χ2n) is 15.3. The highest BCUT2D eigenvalue weighted by molar-refractivity contribution is 6.17. The fourth-order valence-electron chi connectivity index (χ4n) is 9.77. The molecule has 1 spiro atoms. The van der Waals surface area contributed by atoms with Crippen LogP contribution < -0.4 is 0 Å². The Hall–Kier alpha value is -7.42. The SMILES string of the molecule is c1ccc(-c2cc(-c3ccccc3)nc(-c3cccc(-c4cccc(-c5ccc6c(c5)C5(c7ccccc7-6)c6cccc7ccc8cccc5c8c67)c4)c3)n2)cc1. The molecule has 0 bridgehead atoms. The maximum Gasteiger partial charge on any atom is 0.160 e. The maximum absolute atomic E-state index is 5.12. The molecule has 0 saturated carbocycles. The molecule has 0 aliphatic heterocycles. The Balaban J connectivity index is 0.985. The molecule has 2 aliphatic carbocycles. The van der Waals surface area contributed by atoms with E-state index in [4.69, 9.17) is 9.97 Å². The molecule has 0 fully saturated rings. The van der Waals surface area contributed by atoms with Crippen LogP contribution in [0, 0.1) is 0 Å². The zero-order chi connectivity index (χ0) is 37.5. The Morgan fingerprint density at radius 1 is 0.281 bits per heavy atom. The van der Waals surface area contributed by atoms with Crippen molar-refractivity contribution in [3.63, 3.8) is 0 Å². The van der Waals surface area contributed by atoms with Crippen molar-refractivity contribution < 1.29 is 0 Å². The number of hydrogen-bond donors (Lipinski definition) is 0. The van der Waals surface area contributed by atoms with Gasteiger partial charge < -0.3 is 0 Å². The van der Waals surface area contributed by atoms with Gasteiger partial charge in [0.2, 0.25) is 0 Å². The van der Waals surface area contributed by atoms with E-state index < -0.39 is 0 Å². The first-order valence-corrected chi connectivity index (χ1v) is 19.6. The van der Waals surface area contributed by atoms with Crippen LogP contribution in [0.2, 0.25) is 0 Å². The standard InChI is InChI=1S/C55H34N2/c1-3-13-35(14-4-1)50-34-51(36-15-5-2-6-16-36)57-54(56-50)43-22-10-21-41(32-43)39-19-9-20-40(31-39)42-29-30-45-44-23-7-8-24-46(44)55(49(45)33-42)47-25-11-17-37-27-28-38-18-12-26-48(55)53(38)52(37)47/h1-34H. The number of nitrogens with zero attached hydrogens (tertiary/aromatic N) is 2. The van der Waals surface area contributed by atoms with Crippen LogP contribution in [0.3, 0.4) is 0 Å². The first kappa shape index (κ1) is 31.9. The number of aromatic nitrogens is 2. The highest BCUT2D eigenvalue weighted by Gasteiger charge is 2.50. The summed E-state index contributed by atoms with van der Waals surface area (Å²) in [7, 11) is 0. The van der Waals surface area contributed by atoms with Gasteiger partial charge in [0.05, 0.1) is 16.8 Å². The van der Waals surface area contributed by atoms with E-state index in [2.05, 4.69) is 194 Å². The van der Waals surface area contributed by atoms with Gasteiger partial charge in [-0.3, -0.25) is 0 Å². The van der Waals surface area contributed by atoms with Gasteiger partial charge in [0.1, 0.15) is 0 Å².